The molecule has 1 amide bonds. The Kier molecular flexibility index (Phi) is 4.82. The fourth-order valence-corrected chi connectivity index (χ4v) is 5.01. The molecule has 0 radical (unpaired) electrons. The first-order valence-corrected chi connectivity index (χ1v) is 9.08. The molecule has 2 heterocycles. The molecule has 112 valence electrons. The van der Waals surface area contributed by atoms with Gasteiger partial charge >= 0.3 is 0 Å². The van der Waals surface area contributed by atoms with Crippen molar-refractivity contribution in [2.45, 2.75) is 36.9 Å². The van der Waals surface area contributed by atoms with E-state index >= 15 is 0 Å². The molecule has 2 rings (SSSR count). The molecule has 20 heavy (non-hydrogen) atoms. The molecule has 7 heteroatoms. The van der Waals surface area contributed by atoms with Crippen molar-refractivity contribution in [1.29, 1.82) is 0 Å². The molecular formula is C13H20N2O3S2. The maximum Gasteiger partial charge on any atom is 0.253 e. The SMILES string of the molecule is CC(C)CNC(=O)[C@@H]1CCCN1S(=O)(=O)c1cccs1. The largest absolute Gasteiger partial charge is 0.354 e. The maximum absolute atomic E-state index is 12.5. The van der Waals surface area contributed by atoms with E-state index < -0.39 is 16.1 Å². The summed E-state index contributed by atoms with van der Waals surface area (Å²) in [6.07, 6.45) is 1.32. The number of nitrogens with zero attached hydrogens (tertiary/aromatic N) is 1. The molecular weight excluding hydrogens is 296 g/mol. The van der Waals surface area contributed by atoms with E-state index in [2.05, 4.69) is 5.32 Å². The predicted octanol–water partition coefficient (Wildman–Crippen LogP) is 1.67. The highest BCUT2D eigenvalue weighted by Gasteiger charge is 2.39. The number of hydrogen-bond acceptors (Lipinski definition) is 4. The van der Waals surface area contributed by atoms with Crippen LogP contribution in [0.3, 0.4) is 0 Å². The highest BCUT2D eigenvalue weighted by molar-refractivity contribution is 7.91. The van der Waals surface area contributed by atoms with Gasteiger partial charge in [-0.3, -0.25) is 4.79 Å². The van der Waals surface area contributed by atoms with Crippen LogP contribution < -0.4 is 5.32 Å². The zero-order valence-electron chi connectivity index (χ0n) is 11.7. The number of sulfonamides is 1. The molecule has 1 N–H and O–H groups in total. The Bertz CT molecular complexity index is 552. The average molecular weight is 316 g/mol. The van der Waals surface area contributed by atoms with Crippen LogP contribution in [0.25, 0.3) is 0 Å². The molecule has 1 aromatic rings. The zero-order chi connectivity index (χ0) is 14.8. The predicted molar refractivity (Wildman–Crippen MR) is 79.1 cm³/mol. The molecule has 1 fully saturated rings. The summed E-state index contributed by atoms with van der Waals surface area (Å²) in [5, 5.41) is 4.56. The fourth-order valence-electron chi connectivity index (χ4n) is 2.24. The smallest absolute Gasteiger partial charge is 0.253 e. The Morgan fingerprint density at radius 2 is 2.30 bits per heavy atom. The summed E-state index contributed by atoms with van der Waals surface area (Å²) in [7, 11) is -3.54. The summed E-state index contributed by atoms with van der Waals surface area (Å²) in [5.74, 6) is 0.166. The third-order valence-corrected chi connectivity index (χ3v) is 6.53. The minimum atomic E-state index is -3.54. The first kappa shape index (κ1) is 15.5. The van der Waals surface area contributed by atoms with E-state index in [0.717, 1.165) is 6.42 Å². The summed E-state index contributed by atoms with van der Waals surface area (Å²) in [6, 6.07) is 2.73. The van der Waals surface area contributed by atoms with Crippen molar-refractivity contribution in [2.24, 2.45) is 5.92 Å². The average Bonchev–Trinajstić information content (AvgIpc) is 3.06. The van der Waals surface area contributed by atoms with Gasteiger partial charge in [0.2, 0.25) is 5.91 Å². The topological polar surface area (TPSA) is 66.5 Å². The van der Waals surface area contributed by atoms with Crippen molar-refractivity contribution >= 4 is 27.3 Å². The second-order valence-corrected chi connectivity index (χ2v) is 8.41. The molecule has 0 aliphatic carbocycles. The normalized spacial score (nSPS) is 20.4. The molecule has 1 saturated heterocycles. The Morgan fingerprint density at radius 1 is 1.55 bits per heavy atom. The summed E-state index contributed by atoms with van der Waals surface area (Å²) >= 11 is 1.19. The maximum atomic E-state index is 12.5. The van der Waals surface area contributed by atoms with Crippen LogP contribution in [0.4, 0.5) is 0 Å². The van der Waals surface area contributed by atoms with E-state index in [1.165, 1.54) is 15.6 Å². The van der Waals surface area contributed by atoms with Crippen LogP contribution in [-0.4, -0.2) is 37.8 Å². The minimum Gasteiger partial charge on any atom is -0.354 e. The molecule has 5 nitrogen and oxygen atoms in total. The van der Waals surface area contributed by atoms with E-state index in [1.807, 2.05) is 13.8 Å². The van der Waals surface area contributed by atoms with Gasteiger partial charge in [0.15, 0.2) is 0 Å². The van der Waals surface area contributed by atoms with Crippen LogP contribution in [0.5, 0.6) is 0 Å². The number of nitrogens with one attached hydrogen (secondary N) is 1. The third-order valence-electron chi connectivity index (χ3n) is 3.25. The number of hydrogen-bond donors (Lipinski definition) is 1. The zero-order valence-corrected chi connectivity index (χ0v) is 13.3. The van der Waals surface area contributed by atoms with Gasteiger partial charge in [-0.15, -0.1) is 11.3 Å². The number of carbonyl (C=O) groups is 1. The van der Waals surface area contributed by atoms with Gasteiger partial charge in [-0.2, -0.15) is 4.31 Å². The lowest BCUT2D eigenvalue weighted by Crippen LogP contribution is -2.46. The Hall–Kier alpha value is -0.920. The Labute approximate surface area is 124 Å². The number of rotatable bonds is 5. The van der Waals surface area contributed by atoms with Crippen LogP contribution in [0.15, 0.2) is 21.7 Å². The molecule has 0 saturated carbocycles. The summed E-state index contributed by atoms with van der Waals surface area (Å²) in [4.78, 5) is 12.2. The van der Waals surface area contributed by atoms with Crippen LogP contribution in [0.1, 0.15) is 26.7 Å². The molecule has 0 unspecified atom stereocenters. The van der Waals surface area contributed by atoms with Crippen LogP contribution in [0.2, 0.25) is 0 Å². The lowest BCUT2D eigenvalue weighted by atomic mass is 10.2. The van der Waals surface area contributed by atoms with E-state index in [-0.39, 0.29) is 5.91 Å². The van der Waals surface area contributed by atoms with Crippen LogP contribution >= 0.6 is 11.3 Å². The lowest BCUT2D eigenvalue weighted by Gasteiger charge is -2.23. The van der Waals surface area contributed by atoms with Gasteiger partial charge in [0.1, 0.15) is 10.3 Å². The van der Waals surface area contributed by atoms with Gasteiger partial charge in [0.05, 0.1) is 0 Å². The Balaban J connectivity index is 2.13. The molecule has 1 aromatic heterocycles. The van der Waals surface area contributed by atoms with Gasteiger partial charge in [-0.05, 0) is 30.2 Å². The number of carbonyl (C=O) groups excluding carboxylic acids is 1. The second kappa shape index (κ2) is 6.24. The fraction of sp³-hybridized carbons (Fsp3) is 0.615. The lowest BCUT2D eigenvalue weighted by molar-refractivity contribution is -0.124. The first-order valence-electron chi connectivity index (χ1n) is 6.76. The van der Waals surface area contributed by atoms with E-state index in [1.54, 1.807) is 17.5 Å². The summed E-state index contributed by atoms with van der Waals surface area (Å²) in [5.41, 5.74) is 0. The Morgan fingerprint density at radius 3 is 2.90 bits per heavy atom. The molecule has 0 bridgehead atoms. The van der Waals surface area contributed by atoms with Gasteiger partial charge in [-0.25, -0.2) is 8.42 Å². The van der Waals surface area contributed by atoms with Crippen LogP contribution in [-0.2, 0) is 14.8 Å². The third kappa shape index (κ3) is 3.21. The second-order valence-electron chi connectivity index (χ2n) is 5.34. The van der Waals surface area contributed by atoms with E-state index in [0.29, 0.717) is 29.6 Å². The van der Waals surface area contributed by atoms with Crippen LogP contribution in [0, 0.1) is 5.92 Å². The van der Waals surface area contributed by atoms with Gasteiger partial charge < -0.3 is 5.32 Å². The molecule has 0 spiro atoms. The van der Waals surface area contributed by atoms with Gasteiger partial charge in [0.25, 0.3) is 10.0 Å². The standard InChI is InChI=1S/C13H20N2O3S2/c1-10(2)9-14-13(16)11-5-3-7-15(11)20(17,18)12-6-4-8-19-12/h4,6,8,10-11H,3,5,7,9H2,1-2H3,(H,14,16)/t11-/m0/s1. The van der Waals surface area contributed by atoms with E-state index in [4.69, 9.17) is 0 Å². The molecule has 1 atom stereocenters. The van der Waals surface area contributed by atoms with Crippen molar-refractivity contribution < 1.29 is 13.2 Å². The highest BCUT2D eigenvalue weighted by Crippen LogP contribution is 2.28. The van der Waals surface area contributed by atoms with Crippen molar-refractivity contribution in [1.82, 2.24) is 9.62 Å². The van der Waals surface area contributed by atoms with Crippen molar-refractivity contribution in [2.75, 3.05) is 13.1 Å². The minimum absolute atomic E-state index is 0.184. The number of thiophene rings is 1. The molecule has 0 aromatic carbocycles. The van der Waals surface area contributed by atoms with Gasteiger partial charge in [-0.1, -0.05) is 19.9 Å². The summed E-state index contributed by atoms with van der Waals surface area (Å²) < 4.78 is 26.7. The number of amides is 1. The van der Waals surface area contributed by atoms with Gasteiger partial charge in [0, 0.05) is 13.1 Å². The van der Waals surface area contributed by atoms with E-state index in [9.17, 15) is 13.2 Å². The summed E-state index contributed by atoms with van der Waals surface area (Å²) in [6.45, 7) is 5.01. The quantitative estimate of drug-likeness (QED) is 0.898. The van der Waals surface area contributed by atoms with Crippen molar-refractivity contribution in [3.63, 3.8) is 0 Å². The highest BCUT2D eigenvalue weighted by atomic mass is 32.2. The first-order chi connectivity index (χ1) is 9.43. The van der Waals surface area contributed by atoms with Crippen molar-refractivity contribution in [3.05, 3.63) is 17.5 Å². The van der Waals surface area contributed by atoms with Crippen molar-refractivity contribution in [3.8, 4) is 0 Å². The molecule has 1 aliphatic heterocycles. The molecule has 1 aliphatic rings. The monoisotopic (exact) mass is 316 g/mol.